The molecule has 0 saturated carbocycles. The maximum absolute atomic E-state index is 12.5. The lowest BCUT2D eigenvalue weighted by Gasteiger charge is -2.31. The first-order valence-corrected chi connectivity index (χ1v) is 8.29. The molecule has 0 unspecified atom stereocenters. The van der Waals surface area contributed by atoms with E-state index in [1.807, 2.05) is 29.0 Å². The summed E-state index contributed by atoms with van der Waals surface area (Å²) in [6, 6.07) is 9.91. The third kappa shape index (κ3) is 2.89. The fourth-order valence-corrected chi connectivity index (χ4v) is 2.91. The molecule has 1 saturated heterocycles. The molecule has 1 aromatic carbocycles. The van der Waals surface area contributed by atoms with Crippen LogP contribution < -0.4 is 0 Å². The van der Waals surface area contributed by atoms with E-state index in [0.717, 1.165) is 11.4 Å². The monoisotopic (exact) mass is 353 g/mol. The summed E-state index contributed by atoms with van der Waals surface area (Å²) in [4.78, 5) is 27.6. The predicted octanol–water partition coefficient (Wildman–Crippen LogP) is 2.69. The highest BCUT2D eigenvalue weighted by atomic mass is 32.1. The maximum atomic E-state index is 12.5. The summed E-state index contributed by atoms with van der Waals surface area (Å²) in [6.07, 6.45) is 3.53. The van der Waals surface area contributed by atoms with Gasteiger partial charge in [-0.25, -0.2) is 0 Å². The Morgan fingerprint density at radius 1 is 0.960 bits per heavy atom. The van der Waals surface area contributed by atoms with Crippen LogP contribution in [0.2, 0.25) is 0 Å². The molecule has 128 valence electrons. The van der Waals surface area contributed by atoms with Crippen molar-refractivity contribution in [1.29, 1.82) is 0 Å². The van der Waals surface area contributed by atoms with Crippen LogP contribution in [0.15, 0.2) is 42.1 Å². The SMILES string of the molecule is Cc1ccc(-n2cccc2C=C2C(=O)N(C)C(=S)N(C)C2=O)cc1C. The maximum Gasteiger partial charge on any atom is 0.265 e. The third-order valence-electron chi connectivity index (χ3n) is 4.49. The Morgan fingerprint density at radius 2 is 1.60 bits per heavy atom. The standard InChI is InChI=1S/C19H19N3O2S/c1-12-7-8-15(10-13(12)2)22-9-5-6-14(22)11-16-17(23)20(3)19(25)21(4)18(16)24/h5-11H,1-4H3. The summed E-state index contributed by atoms with van der Waals surface area (Å²) in [6.45, 7) is 4.12. The van der Waals surface area contributed by atoms with Gasteiger partial charge in [-0.15, -0.1) is 0 Å². The zero-order valence-electron chi connectivity index (χ0n) is 14.6. The van der Waals surface area contributed by atoms with Crippen molar-refractivity contribution in [2.45, 2.75) is 13.8 Å². The van der Waals surface area contributed by atoms with Crippen molar-refractivity contribution in [3.8, 4) is 5.69 Å². The predicted molar refractivity (Wildman–Crippen MR) is 101 cm³/mol. The lowest BCUT2D eigenvalue weighted by Crippen LogP contribution is -2.52. The van der Waals surface area contributed by atoms with Gasteiger partial charge in [0.05, 0.1) is 0 Å². The first kappa shape index (κ1) is 17.1. The van der Waals surface area contributed by atoms with E-state index >= 15 is 0 Å². The summed E-state index contributed by atoms with van der Waals surface area (Å²) < 4.78 is 1.95. The van der Waals surface area contributed by atoms with Crippen molar-refractivity contribution in [2.75, 3.05) is 14.1 Å². The Labute approximate surface area is 152 Å². The van der Waals surface area contributed by atoms with E-state index < -0.39 is 0 Å². The number of amides is 2. The van der Waals surface area contributed by atoms with E-state index in [4.69, 9.17) is 12.2 Å². The molecule has 0 aliphatic carbocycles. The normalized spacial score (nSPS) is 15.2. The molecule has 1 fully saturated rings. The highest BCUT2D eigenvalue weighted by molar-refractivity contribution is 7.80. The van der Waals surface area contributed by atoms with Crippen LogP contribution in [0.3, 0.4) is 0 Å². The van der Waals surface area contributed by atoms with Crippen LogP contribution >= 0.6 is 12.2 Å². The zero-order valence-corrected chi connectivity index (χ0v) is 15.4. The van der Waals surface area contributed by atoms with Gasteiger partial charge in [0.25, 0.3) is 11.8 Å². The van der Waals surface area contributed by atoms with E-state index in [9.17, 15) is 9.59 Å². The number of hydrogen-bond donors (Lipinski definition) is 0. The van der Waals surface area contributed by atoms with E-state index in [1.165, 1.54) is 20.9 Å². The van der Waals surface area contributed by atoms with Gasteiger partial charge in [0.2, 0.25) is 0 Å². The van der Waals surface area contributed by atoms with Gasteiger partial charge in [0.1, 0.15) is 5.57 Å². The van der Waals surface area contributed by atoms with Crippen molar-refractivity contribution in [2.24, 2.45) is 0 Å². The summed E-state index contributed by atoms with van der Waals surface area (Å²) in [5, 5.41) is 0.205. The number of rotatable bonds is 2. The zero-order chi connectivity index (χ0) is 18.3. The molecular formula is C19H19N3O2S. The molecule has 5 nitrogen and oxygen atoms in total. The molecule has 6 heteroatoms. The Kier molecular flexibility index (Phi) is 4.30. The molecule has 2 heterocycles. The fraction of sp³-hybridized carbons (Fsp3) is 0.211. The molecule has 0 bridgehead atoms. The number of carbonyl (C=O) groups excluding carboxylic acids is 2. The highest BCUT2D eigenvalue weighted by Crippen LogP contribution is 2.21. The molecule has 1 aromatic heterocycles. The van der Waals surface area contributed by atoms with Gasteiger partial charge in [-0.3, -0.25) is 19.4 Å². The summed E-state index contributed by atoms with van der Waals surface area (Å²) >= 11 is 5.11. The van der Waals surface area contributed by atoms with Crippen molar-refractivity contribution in [3.05, 3.63) is 58.9 Å². The Hall–Kier alpha value is -2.73. The third-order valence-corrected chi connectivity index (χ3v) is 5.03. The smallest absolute Gasteiger partial charge is 0.265 e. The first-order chi connectivity index (χ1) is 11.8. The van der Waals surface area contributed by atoms with E-state index in [0.29, 0.717) is 0 Å². The minimum Gasteiger partial charge on any atom is -0.317 e. The second-order valence-corrected chi connectivity index (χ2v) is 6.51. The number of likely N-dealkylation sites (N-methyl/N-ethyl adjacent to an activating group) is 2. The van der Waals surface area contributed by atoms with Gasteiger partial charge < -0.3 is 4.57 Å². The number of carbonyl (C=O) groups is 2. The minimum absolute atomic E-state index is 0.0994. The second-order valence-electron chi connectivity index (χ2n) is 6.14. The van der Waals surface area contributed by atoms with Gasteiger partial charge in [-0.2, -0.15) is 0 Å². The molecule has 0 radical (unpaired) electrons. The van der Waals surface area contributed by atoms with Crippen LogP contribution in [0.1, 0.15) is 16.8 Å². The Balaban J connectivity index is 2.07. The van der Waals surface area contributed by atoms with Crippen LogP contribution in [-0.4, -0.2) is 45.4 Å². The minimum atomic E-state index is -0.388. The Bertz CT molecular complexity index is 901. The summed E-state index contributed by atoms with van der Waals surface area (Å²) in [7, 11) is 3.15. The molecule has 2 amide bonds. The number of thiocarbonyl (C=S) groups is 1. The average Bonchev–Trinajstić information content (AvgIpc) is 3.06. The summed E-state index contributed by atoms with van der Waals surface area (Å²) in [5.74, 6) is -0.776. The molecule has 3 rings (SSSR count). The molecule has 25 heavy (non-hydrogen) atoms. The lowest BCUT2D eigenvalue weighted by molar-refractivity contribution is -0.132. The number of hydrogen-bond acceptors (Lipinski definition) is 3. The number of benzene rings is 1. The van der Waals surface area contributed by atoms with Crippen LogP contribution in [0.25, 0.3) is 11.8 Å². The van der Waals surface area contributed by atoms with Crippen LogP contribution in [0.5, 0.6) is 0 Å². The van der Waals surface area contributed by atoms with Crippen molar-refractivity contribution in [1.82, 2.24) is 14.4 Å². The van der Waals surface area contributed by atoms with E-state index in [1.54, 1.807) is 20.2 Å². The molecule has 0 atom stereocenters. The molecule has 0 N–H and O–H groups in total. The van der Waals surface area contributed by atoms with Gasteiger partial charge in [-0.1, -0.05) is 6.07 Å². The van der Waals surface area contributed by atoms with Crippen molar-refractivity contribution >= 4 is 35.2 Å². The number of nitrogens with zero attached hydrogens (tertiary/aromatic N) is 3. The number of aryl methyl sites for hydroxylation is 2. The van der Waals surface area contributed by atoms with Gasteiger partial charge >= 0.3 is 0 Å². The first-order valence-electron chi connectivity index (χ1n) is 7.88. The molecule has 1 aliphatic heterocycles. The fourth-order valence-electron chi connectivity index (χ4n) is 2.75. The van der Waals surface area contributed by atoms with Gasteiger partial charge in [-0.05, 0) is 67.5 Å². The quantitative estimate of drug-likeness (QED) is 0.474. The van der Waals surface area contributed by atoms with Gasteiger partial charge in [0.15, 0.2) is 5.11 Å². The molecular weight excluding hydrogens is 334 g/mol. The van der Waals surface area contributed by atoms with E-state index in [-0.39, 0.29) is 22.5 Å². The number of aromatic nitrogens is 1. The van der Waals surface area contributed by atoms with Crippen molar-refractivity contribution < 1.29 is 9.59 Å². The Morgan fingerprint density at radius 3 is 2.20 bits per heavy atom. The topological polar surface area (TPSA) is 45.6 Å². The molecule has 0 spiro atoms. The average molecular weight is 353 g/mol. The van der Waals surface area contributed by atoms with Crippen LogP contribution in [-0.2, 0) is 9.59 Å². The largest absolute Gasteiger partial charge is 0.317 e. The second kappa shape index (κ2) is 6.29. The lowest BCUT2D eigenvalue weighted by atomic mass is 10.1. The van der Waals surface area contributed by atoms with Crippen molar-refractivity contribution in [3.63, 3.8) is 0 Å². The summed E-state index contributed by atoms with van der Waals surface area (Å²) in [5.41, 5.74) is 4.23. The van der Waals surface area contributed by atoms with Crippen LogP contribution in [0, 0.1) is 13.8 Å². The van der Waals surface area contributed by atoms with E-state index in [2.05, 4.69) is 26.0 Å². The molecule has 2 aromatic rings. The van der Waals surface area contributed by atoms with Gasteiger partial charge in [0, 0.05) is 31.7 Å². The molecule has 1 aliphatic rings. The van der Waals surface area contributed by atoms with Crippen LogP contribution in [0.4, 0.5) is 0 Å². The highest BCUT2D eigenvalue weighted by Gasteiger charge is 2.35.